The molecule has 25 heavy (non-hydrogen) atoms. The fourth-order valence-corrected chi connectivity index (χ4v) is 2.29. The molecule has 0 radical (unpaired) electrons. The highest BCUT2D eigenvalue weighted by Gasteiger charge is 2.23. The van der Waals surface area contributed by atoms with Crippen LogP contribution >= 0.6 is 11.6 Å². The third-order valence-corrected chi connectivity index (χ3v) is 3.90. The van der Waals surface area contributed by atoms with Crippen LogP contribution in [0.1, 0.15) is 17.2 Å². The fourth-order valence-electron chi connectivity index (χ4n) is 2.11. The van der Waals surface area contributed by atoms with Gasteiger partial charge in [-0.2, -0.15) is 0 Å². The van der Waals surface area contributed by atoms with Gasteiger partial charge in [-0.25, -0.2) is 13.6 Å². The number of amides is 3. The number of carbonyl (C=O) groups excluding carboxylic acids is 2. The number of hydrogen-bond acceptors (Lipinski definition) is 2. The van der Waals surface area contributed by atoms with Gasteiger partial charge < -0.3 is 16.0 Å². The standard InChI is InChI=1S/C17H16ClF2N3O2/c1-9-3-5-11(8-12(9)18)22-17(25)23-15(16(24)21-2)10-4-6-13(19)14(20)7-10/h3-8,15H,1-2H3,(H,21,24)(H2,22,23,25). The second kappa shape index (κ2) is 7.94. The van der Waals surface area contributed by atoms with E-state index in [1.54, 1.807) is 18.2 Å². The Hall–Kier alpha value is -2.67. The summed E-state index contributed by atoms with van der Waals surface area (Å²) in [6, 6.07) is 6.01. The summed E-state index contributed by atoms with van der Waals surface area (Å²) in [5.74, 6) is -2.74. The van der Waals surface area contributed by atoms with Gasteiger partial charge >= 0.3 is 6.03 Å². The summed E-state index contributed by atoms with van der Waals surface area (Å²) in [5.41, 5.74) is 1.38. The molecule has 132 valence electrons. The average molecular weight is 368 g/mol. The van der Waals surface area contributed by atoms with Gasteiger partial charge in [0.25, 0.3) is 0 Å². The molecule has 3 N–H and O–H groups in total. The van der Waals surface area contributed by atoms with Gasteiger partial charge in [0.1, 0.15) is 6.04 Å². The van der Waals surface area contributed by atoms with Crippen molar-refractivity contribution in [3.8, 4) is 0 Å². The second-order valence-electron chi connectivity index (χ2n) is 5.28. The molecule has 0 fully saturated rings. The summed E-state index contributed by atoms with van der Waals surface area (Å²) in [7, 11) is 1.37. The van der Waals surface area contributed by atoms with Crippen molar-refractivity contribution in [2.24, 2.45) is 0 Å². The Morgan fingerprint density at radius 3 is 2.40 bits per heavy atom. The van der Waals surface area contributed by atoms with Crippen LogP contribution in [0.4, 0.5) is 19.3 Å². The van der Waals surface area contributed by atoms with Gasteiger partial charge in [0.2, 0.25) is 5.91 Å². The van der Waals surface area contributed by atoms with Crippen molar-refractivity contribution in [1.82, 2.24) is 10.6 Å². The van der Waals surface area contributed by atoms with E-state index in [2.05, 4.69) is 16.0 Å². The summed E-state index contributed by atoms with van der Waals surface area (Å²) in [4.78, 5) is 24.2. The van der Waals surface area contributed by atoms with E-state index in [1.807, 2.05) is 6.92 Å². The number of halogens is 3. The highest BCUT2D eigenvalue weighted by Crippen LogP contribution is 2.21. The lowest BCUT2D eigenvalue weighted by molar-refractivity contribution is -0.122. The first-order valence-electron chi connectivity index (χ1n) is 7.32. The lowest BCUT2D eigenvalue weighted by Crippen LogP contribution is -2.41. The van der Waals surface area contributed by atoms with Crippen LogP contribution < -0.4 is 16.0 Å². The summed E-state index contributed by atoms with van der Waals surface area (Å²) in [6.45, 7) is 1.82. The Morgan fingerprint density at radius 2 is 1.80 bits per heavy atom. The van der Waals surface area contributed by atoms with Gasteiger partial charge in [0.15, 0.2) is 11.6 Å². The zero-order valence-electron chi connectivity index (χ0n) is 13.5. The van der Waals surface area contributed by atoms with Crippen molar-refractivity contribution in [1.29, 1.82) is 0 Å². The SMILES string of the molecule is CNC(=O)C(NC(=O)Nc1ccc(C)c(Cl)c1)c1ccc(F)c(F)c1. The van der Waals surface area contributed by atoms with Crippen molar-refractivity contribution in [2.45, 2.75) is 13.0 Å². The largest absolute Gasteiger partial charge is 0.357 e. The molecule has 0 saturated carbocycles. The molecule has 5 nitrogen and oxygen atoms in total. The number of likely N-dealkylation sites (N-methyl/N-ethyl adjacent to an activating group) is 1. The highest BCUT2D eigenvalue weighted by molar-refractivity contribution is 6.31. The van der Waals surface area contributed by atoms with Gasteiger partial charge in [-0.1, -0.05) is 23.7 Å². The Bertz CT molecular complexity index is 814. The van der Waals surface area contributed by atoms with Crippen LogP contribution in [0, 0.1) is 18.6 Å². The quantitative estimate of drug-likeness (QED) is 0.773. The maximum Gasteiger partial charge on any atom is 0.320 e. The lowest BCUT2D eigenvalue weighted by Gasteiger charge is -2.18. The molecule has 3 amide bonds. The maximum absolute atomic E-state index is 13.4. The molecule has 0 spiro atoms. The van der Waals surface area contributed by atoms with Crippen LogP contribution in [0.2, 0.25) is 5.02 Å². The molecule has 0 aliphatic rings. The number of aryl methyl sites for hydroxylation is 1. The Kier molecular flexibility index (Phi) is 5.93. The number of benzene rings is 2. The molecule has 2 aromatic carbocycles. The van der Waals surface area contributed by atoms with Crippen molar-refractivity contribution in [2.75, 3.05) is 12.4 Å². The summed E-state index contributed by atoms with van der Waals surface area (Å²) >= 11 is 5.99. The molecule has 1 unspecified atom stereocenters. The number of carbonyl (C=O) groups is 2. The monoisotopic (exact) mass is 367 g/mol. The smallest absolute Gasteiger partial charge is 0.320 e. The predicted molar refractivity (Wildman–Crippen MR) is 91.5 cm³/mol. The zero-order valence-corrected chi connectivity index (χ0v) is 14.2. The number of anilines is 1. The van der Waals surface area contributed by atoms with E-state index in [0.717, 1.165) is 17.7 Å². The molecule has 0 aliphatic carbocycles. The molecule has 0 aliphatic heterocycles. The molecule has 0 aromatic heterocycles. The molecule has 0 bridgehead atoms. The second-order valence-corrected chi connectivity index (χ2v) is 5.69. The van der Waals surface area contributed by atoms with E-state index >= 15 is 0 Å². The molecular weight excluding hydrogens is 352 g/mol. The molecule has 1 atom stereocenters. The summed E-state index contributed by atoms with van der Waals surface area (Å²) < 4.78 is 26.5. The average Bonchev–Trinajstić information content (AvgIpc) is 2.58. The molecular formula is C17H16ClF2N3O2. The van der Waals surface area contributed by atoms with Crippen molar-refractivity contribution >= 4 is 29.2 Å². The molecule has 2 rings (SSSR count). The molecule has 0 saturated heterocycles. The van der Waals surface area contributed by atoms with E-state index in [1.165, 1.54) is 13.1 Å². The van der Waals surface area contributed by atoms with Crippen molar-refractivity contribution in [3.05, 3.63) is 64.2 Å². The summed E-state index contributed by atoms with van der Waals surface area (Å²) in [6.07, 6.45) is 0. The first-order chi connectivity index (χ1) is 11.8. The van der Waals surface area contributed by atoms with Crippen LogP contribution in [0.3, 0.4) is 0 Å². The van der Waals surface area contributed by atoms with Crippen LogP contribution in [0.5, 0.6) is 0 Å². The minimum absolute atomic E-state index is 0.107. The molecule has 0 heterocycles. The van der Waals surface area contributed by atoms with Crippen LogP contribution in [0.15, 0.2) is 36.4 Å². The maximum atomic E-state index is 13.4. The van der Waals surface area contributed by atoms with Crippen molar-refractivity contribution < 1.29 is 18.4 Å². The topological polar surface area (TPSA) is 70.2 Å². The fraction of sp³-hybridized carbons (Fsp3) is 0.176. The van der Waals surface area contributed by atoms with Gasteiger partial charge in [-0.05, 0) is 42.3 Å². The first-order valence-corrected chi connectivity index (χ1v) is 7.70. The molecule has 2 aromatic rings. The number of urea groups is 1. The van der Waals surface area contributed by atoms with Crippen LogP contribution in [-0.4, -0.2) is 19.0 Å². The Morgan fingerprint density at radius 1 is 1.08 bits per heavy atom. The van der Waals surface area contributed by atoms with Crippen LogP contribution in [-0.2, 0) is 4.79 Å². The van der Waals surface area contributed by atoms with Gasteiger partial charge in [0.05, 0.1) is 0 Å². The normalized spacial score (nSPS) is 11.6. The van der Waals surface area contributed by atoms with Gasteiger partial charge in [-0.15, -0.1) is 0 Å². The number of hydrogen-bond donors (Lipinski definition) is 3. The third kappa shape index (κ3) is 4.67. The Labute approximate surface area is 148 Å². The summed E-state index contributed by atoms with van der Waals surface area (Å²) in [5, 5.41) is 7.79. The van der Waals surface area contributed by atoms with E-state index in [-0.39, 0.29) is 5.56 Å². The predicted octanol–water partition coefficient (Wildman–Crippen LogP) is 3.54. The van der Waals surface area contributed by atoms with Gasteiger partial charge in [-0.3, -0.25) is 4.79 Å². The zero-order chi connectivity index (χ0) is 18.6. The number of rotatable bonds is 4. The van der Waals surface area contributed by atoms with E-state index in [0.29, 0.717) is 10.7 Å². The minimum atomic E-state index is -1.19. The third-order valence-electron chi connectivity index (χ3n) is 3.49. The minimum Gasteiger partial charge on any atom is -0.357 e. The van der Waals surface area contributed by atoms with Gasteiger partial charge in [0, 0.05) is 17.8 Å². The highest BCUT2D eigenvalue weighted by atomic mass is 35.5. The lowest BCUT2D eigenvalue weighted by atomic mass is 10.1. The van der Waals surface area contributed by atoms with E-state index in [4.69, 9.17) is 11.6 Å². The van der Waals surface area contributed by atoms with E-state index < -0.39 is 29.6 Å². The molecule has 8 heteroatoms. The van der Waals surface area contributed by atoms with E-state index in [9.17, 15) is 18.4 Å². The Balaban J connectivity index is 2.18. The number of nitrogens with one attached hydrogen (secondary N) is 3. The van der Waals surface area contributed by atoms with Crippen LogP contribution in [0.25, 0.3) is 0 Å². The first kappa shape index (κ1) is 18.7. The van der Waals surface area contributed by atoms with Crippen molar-refractivity contribution in [3.63, 3.8) is 0 Å².